The standard InChI is InChI=1S/C23H31NO.ClH/c1-3-9-21(10-4-1)11-7-8-12-22-15-17-24(18-16-22)19-20-25-23-13-5-2-6-14-23;/h1-6,9-10,13-14,22H,7-8,11-12,15-20H2;1H. The van der Waals surface area contributed by atoms with Crippen molar-refractivity contribution in [3.8, 4) is 5.75 Å². The average molecular weight is 374 g/mol. The summed E-state index contributed by atoms with van der Waals surface area (Å²) in [6.45, 7) is 4.32. The minimum absolute atomic E-state index is 0. The predicted molar refractivity (Wildman–Crippen MR) is 112 cm³/mol. The molecule has 0 aromatic heterocycles. The Kier molecular flexibility index (Phi) is 9.58. The number of benzene rings is 2. The molecule has 3 heteroatoms. The summed E-state index contributed by atoms with van der Waals surface area (Å²) in [5, 5.41) is 0. The van der Waals surface area contributed by atoms with Gasteiger partial charge in [-0.25, -0.2) is 0 Å². The first-order valence-corrected chi connectivity index (χ1v) is 9.84. The van der Waals surface area contributed by atoms with Gasteiger partial charge in [-0.05, 0) is 62.4 Å². The molecule has 1 fully saturated rings. The number of hydrogen-bond acceptors (Lipinski definition) is 2. The Morgan fingerprint density at radius 1 is 0.846 bits per heavy atom. The molecule has 0 N–H and O–H groups in total. The molecule has 0 aliphatic carbocycles. The van der Waals surface area contributed by atoms with E-state index in [4.69, 9.17) is 4.74 Å². The molecule has 1 aliphatic heterocycles. The van der Waals surface area contributed by atoms with Crippen LogP contribution in [0.1, 0.15) is 37.7 Å². The Labute approximate surface area is 165 Å². The lowest BCUT2D eigenvalue weighted by Gasteiger charge is -2.31. The lowest BCUT2D eigenvalue weighted by Crippen LogP contribution is -2.36. The van der Waals surface area contributed by atoms with Crippen LogP contribution in [0, 0.1) is 5.92 Å². The van der Waals surface area contributed by atoms with Crippen molar-refractivity contribution < 1.29 is 4.74 Å². The zero-order valence-corrected chi connectivity index (χ0v) is 16.5. The van der Waals surface area contributed by atoms with E-state index in [1.54, 1.807) is 0 Å². The average Bonchev–Trinajstić information content (AvgIpc) is 2.68. The molecule has 0 amide bonds. The van der Waals surface area contributed by atoms with Crippen molar-refractivity contribution in [2.24, 2.45) is 5.92 Å². The smallest absolute Gasteiger partial charge is 0.119 e. The van der Waals surface area contributed by atoms with Crippen LogP contribution in [-0.4, -0.2) is 31.1 Å². The lowest BCUT2D eigenvalue weighted by atomic mass is 9.91. The summed E-state index contributed by atoms with van der Waals surface area (Å²) in [5.41, 5.74) is 1.48. The van der Waals surface area contributed by atoms with Gasteiger partial charge in [-0.15, -0.1) is 12.4 Å². The molecule has 1 heterocycles. The van der Waals surface area contributed by atoms with Crippen LogP contribution in [0.25, 0.3) is 0 Å². The molecular formula is C23H32ClNO. The van der Waals surface area contributed by atoms with E-state index in [0.29, 0.717) is 0 Å². The quantitative estimate of drug-likeness (QED) is 0.529. The van der Waals surface area contributed by atoms with Gasteiger partial charge in [-0.1, -0.05) is 61.4 Å². The van der Waals surface area contributed by atoms with E-state index in [-0.39, 0.29) is 12.4 Å². The van der Waals surface area contributed by atoms with Gasteiger partial charge in [0.15, 0.2) is 0 Å². The molecule has 0 spiro atoms. The fourth-order valence-electron chi connectivity index (χ4n) is 3.71. The third-order valence-electron chi connectivity index (χ3n) is 5.30. The summed E-state index contributed by atoms with van der Waals surface area (Å²) in [7, 11) is 0. The summed E-state index contributed by atoms with van der Waals surface area (Å²) < 4.78 is 5.82. The van der Waals surface area contributed by atoms with Crippen LogP contribution in [0.5, 0.6) is 5.75 Å². The maximum absolute atomic E-state index is 5.82. The van der Waals surface area contributed by atoms with Crippen molar-refractivity contribution in [3.05, 3.63) is 66.2 Å². The second-order valence-electron chi connectivity index (χ2n) is 7.18. The number of ether oxygens (including phenoxy) is 1. The number of para-hydroxylation sites is 1. The van der Waals surface area contributed by atoms with Crippen molar-refractivity contribution in [1.82, 2.24) is 4.90 Å². The number of rotatable bonds is 9. The van der Waals surface area contributed by atoms with Gasteiger partial charge >= 0.3 is 0 Å². The number of nitrogens with zero attached hydrogens (tertiary/aromatic N) is 1. The first-order valence-electron chi connectivity index (χ1n) is 9.84. The van der Waals surface area contributed by atoms with Crippen LogP contribution in [-0.2, 0) is 6.42 Å². The Bertz CT molecular complexity index is 582. The molecule has 1 saturated heterocycles. The summed E-state index contributed by atoms with van der Waals surface area (Å²) >= 11 is 0. The van der Waals surface area contributed by atoms with E-state index in [0.717, 1.165) is 24.8 Å². The summed E-state index contributed by atoms with van der Waals surface area (Å²) in [5.74, 6) is 1.91. The minimum Gasteiger partial charge on any atom is -0.492 e. The zero-order chi connectivity index (χ0) is 17.2. The monoisotopic (exact) mass is 373 g/mol. The molecule has 0 atom stereocenters. The minimum atomic E-state index is 0. The van der Waals surface area contributed by atoms with Crippen LogP contribution >= 0.6 is 12.4 Å². The molecule has 0 bridgehead atoms. The number of aryl methyl sites for hydroxylation is 1. The molecule has 2 nitrogen and oxygen atoms in total. The normalized spacial score (nSPS) is 15.4. The summed E-state index contributed by atoms with van der Waals surface area (Å²) in [4.78, 5) is 2.56. The second kappa shape index (κ2) is 12.0. The number of likely N-dealkylation sites (tertiary alicyclic amines) is 1. The number of halogens is 1. The molecule has 142 valence electrons. The number of hydrogen-bond donors (Lipinski definition) is 0. The van der Waals surface area contributed by atoms with E-state index in [1.165, 1.54) is 57.2 Å². The highest BCUT2D eigenvalue weighted by Crippen LogP contribution is 2.23. The van der Waals surface area contributed by atoms with Crippen molar-refractivity contribution in [3.63, 3.8) is 0 Å². The second-order valence-corrected chi connectivity index (χ2v) is 7.18. The highest BCUT2D eigenvalue weighted by Gasteiger charge is 2.18. The van der Waals surface area contributed by atoms with E-state index >= 15 is 0 Å². The van der Waals surface area contributed by atoms with Gasteiger partial charge < -0.3 is 4.74 Å². The predicted octanol–water partition coefficient (Wildman–Crippen LogP) is 5.61. The molecule has 1 aliphatic rings. The van der Waals surface area contributed by atoms with Crippen LogP contribution in [0.15, 0.2) is 60.7 Å². The van der Waals surface area contributed by atoms with Crippen LogP contribution < -0.4 is 4.74 Å². The van der Waals surface area contributed by atoms with E-state index in [9.17, 15) is 0 Å². The van der Waals surface area contributed by atoms with Crippen molar-refractivity contribution >= 4 is 12.4 Å². The van der Waals surface area contributed by atoms with Gasteiger partial charge in [0.05, 0.1) is 0 Å². The van der Waals surface area contributed by atoms with Crippen LogP contribution in [0.3, 0.4) is 0 Å². The summed E-state index contributed by atoms with van der Waals surface area (Å²) in [6, 6.07) is 21.0. The molecule has 2 aromatic carbocycles. The van der Waals surface area contributed by atoms with Gasteiger partial charge in [-0.2, -0.15) is 0 Å². The van der Waals surface area contributed by atoms with Gasteiger partial charge in [0.1, 0.15) is 12.4 Å². The largest absolute Gasteiger partial charge is 0.492 e. The Morgan fingerprint density at radius 3 is 2.19 bits per heavy atom. The van der Waals surface area contributed by atoms with Crippen molar-refractivity contribution in [2.45, 2.75) is 38.5 Å². The Balaban J connectivity index is 0.00000243. The van der Waals surface area contributed by atoms with Crippen molar-refractivity contribution in [2.75, 3.05) is 26.2 Å². The number of piperidine rings is 1. The van der Waals surface area contributed by atoms with Gasteiger partial charge in [0.2, 0.25) is 0 Å². The van der Waals surface area contributed by atoms with Crippen LogP contribution in [0.2, 0.25) is 0 Å². The molecule has 0 radical (unpaired) electrons. The SMILES string of the molecule is Cl.c1ccc(CCCCC2CCN(CCOc3ccccc3)CC2)cc1. The maximum Gasteiger partial charge on any atom is 0.119 e. The fraction of sp³-hybridized carbons (Fsp3) is 0.478. The highest BCUT2D eigenvalue weighted by atomic mass is 35.5. The van der Waals surface area contributed by atoms with Crippen molar-refractivity contribution in [1.29, 1.82) is 0 Å². The molecule has 0 unspecified atom stereocenters. The topological polar surface area (TPSA) is 12.5 Å². The first kappa shape index (κ1) is 20.8. The van der Waals surface area contributed by atoms with E-state index in [1.807, 2.05) is 30.3 Å². The van der Waals surface area contributed by atoms with Gasteiger partial charge in [0.25, 0.3) is 0 Å². The van der Waals surface area contributed by atoms with E-state index < -0.39 is 0 Å². The lowest BCUT2D eigenvalue weighted by molar-refractivity contribution is 0.150. The molecule has 26 heavy (non-hydrogen) atoms. The Morgan fingerprint density at radius 2 is 1.50 bits per heavy atom. The van der Waals surface area contributed by atoms with E-state index in [2.05, 4.69) is 35.2 Å². The fourth-order valence-corrected chi connectivity index (χ4v) is 3.71. The third kappa shape index (κ3) is 7.39. The first-order chi connectivity index (χ1) is 12.4. The molecule has 2 aromatic rings. The molecular weight excluding hydrogens is 342 g/mol. The highest BCUT2D eigenvalue weighted by molar-refractivity contribution is 5.85. The summed E-state index contributed by atoms with van der Waals surface area (Å²) in [6.07, 6.45) is 8.05. The Hall–Kier alpha value is -1.51. The van der Waals surface area contributed by atoms with Gasteiger partial charge in [-0.3, -0.25) is 4.90 Å². The van der Waals surface area contributed by atoms with Gasteiger partial charge in [0, 0.05) is 6.54 Å². The maximum atomic E-state index is 5.82. The molecule has 0 saturated carbocycles. The molecule has 3 rings (SSSR count). The number of unbranched alkanes of at least 4 members (excludes halogenated alkanes) is 1. The van der Waals surface area contributed by atoms with Crippen LogP contribution in [0.4, 0.5) is 0 Å². The third-order valence-corrected chi connectivity index (χ3v) is 5.30. The zero-order valence-electron chi connectivity index (χ0n) is 15.7.